The summed E-state index contributed by atoms with van der Waals surface area (Å²) in [4.78, 5) is 2.43. The lowest BCUT2D eigenvalue weighted by molar-refractivity contribution is 0.199. The van der Waals surface area contributed by atoms with Gasteiger partial charge in [0.05, 0.1) is 6.10 Å². The van der Waals surface area contributed by atoms with Gasteiger partial charge in [0.1, 0.15) is 0 Å². The number of hydrogen-bond donors (Lipinski definition) is 1. The molecule has 1 fully saturated rings. The van der Waals surface area contributed by atoms with Crippen LogP contribution in [0.25, 0.3) is 0 Å². The van der Waals surface area contributed by atoms with E-state index >= 15 is 0 Å². The Bertz CT molecular complexity index is 372. The van der Waals surface area contributed by atoms with Gasteiger partial charge in [-0.05, 0) is 38.5 Å². The van der Waals surface area contributed by atoms with Crippen LogP contribution in [-0.2, 0) is 0 Å². The van der Waals surface area contributed by atoms with E-state index in [4.69, 9.17) is 0 Å². The third kappa shape index (κ3) is 3.17. The molecule has 0 amide bonds. The molecule has 0 aliphatic carbocycles. The number of aliphatic hydroxyl groups is 1. The molecule has 1 aromatic carbocycles. The van der Waals surface area contributed by atoms with Gasteiger partial charge >= 0.3 is 0 Å². The normalized spacial score (nSPS) is 21.3. The van der Waals surface area contributed by atoms with Crippen molar-refractivity contribution in [3.05, 3.63) is 29.8 Å². The maximum atomic E-state index is 9.49. The van der Waals surface area contributed by atoms with E-state index in [0.29, 0.717) is 4.75 Å². The van der Waals surface area contributed by atoms with Crippen molar-refractivity contribution in [1.29, 1.82) is 0 Å². The van der Waals surface area contributed by atoms with Crippen molar-refractivity contribution in [3.63, 3.8) is 0 Å². The van der Waals surface area contributed by atoms with Gasteiger partial charge in [-0.1, -0.05) is 12.1 Å². The van der Waals surface area contributed by atoms with Gasteiger partial charge < -0.3 is 10.0 Å². The SMILES string of the molecule is CC(O)c1ccc(N2CCSC(C)(C)C2)cc1. The van der Waals surface area contributed by atoms with Gasteiger partial charge in [-0.25, -0.2) is 0 Å². The summed E-state index contributed by atoms with van der Waals surface area (Å²) in [5.74, 6) is 1.19. The molecule has 2 nitrogen and oxygen atoms in total. The van der Waals surface area contributed by atoms with Crippen LogP contribution in [-0.4, -0.2) is 28.7 Å². The van der Waals surface area contributed by atoms with E-state index in [1.54, 1.807) is 6.92 Å². The molecule has 1 N–H and O–H groups in total. The molecule has 1 atom stereocenters. The van der Waals surface area contributed by atoms with Gasteiger partial charge in [-0.2, -0.15) is 11.8 Å². The molecule has 0 radical (unpaired) electrons. The van der Waals surface area contributed by atoms with Gasteiger partial charge in [-0.15, -0.1) is 0 Å². The predicted molar refractivity (Wildman–Crippen MR) is 75.8 cm³/mol. The first-order chi connectivity index (χ1) is 7.98. The van der Waals surface area contributed by atoms with E-state index in [1.807, 2.05) is 23.9 Å². The highest BCUT2D eigenvalue weighted by Gasteiger charge is 2.26. The quantitative estimate of drug-likeness (QED) is 0.874. The number of hydrogen-bond acceptors (Lipinski definition) is 3. The second-order valence-corrected chi connectivity index (χ2v) is 7.10. The Hall–Kier alpha value is -0.670. The van der Waals surface area contributed by atoms with Crippen molar-refractivity contribution in [1.82, 2.24) is 0 Å². The van der Waals surface area contributed by atoms with Crippen LogP contribution in [0.2, 0.25) is 0 Å². The number of aliphatic hydroxyl groups excluding tert-OH is 1. The molecule has 3 heteroatoms. The number of rotatable bonds is 2. The molecule has 0 bridgehead atoms. The first kappa shape index (κ1) is 12.8. The van der Waals surface area contributed by atoms with Crippen LogP contribution in [0, 0.1) is 0 Å². The Balaban J connectivity index is 2.12. The highest BCUT2D eigenvalue weighted by Crippen LogP contribution is 2.32. The smallest absolute Gasteiger partial charge is 0.0761 e. The molecule has 94 valence electrons. The Morgan fingerprint density at radius 3 is 2.47 bits per heavy atom. The van der Waals surface area contributed by atoms with Gasteiger partial charge in [0.15, 0.2) is 0 Å². The van der Waals surface area contributed by atoms with E-state index in [9.17, 15) is 5.11 Å². The number of anilines is 1. The number of benzene rings is 1. The van der Waals surface area contributed by atoms with Gasteiger partial charge in [0.2, 0.25) is 0 Å². The van der Waals surface area contributed by atoms with Crippen molar-refractivity contribution >= 4 is 17.4 Å². The molecule has 17 heavy (non-hydrogen) atoms. The average molecular weight is 251 g/mol. The van der Waals surface area contributed by atoms with Crippen LogP contribution >= 0.6 is 11.8 Å². The number of nitrogens with zero attached hydrogens (tertiary/aromatic N) is 1. The van der Waals surface area contributed by atoms with E-state index in [1.165, 1.54) is 11.4 Å². The second-order valence-electron chi connectivity index (χ2n) is 5.30. The maximum absolute atomic E-state index is 9.49. The minimum atomic E-state index is -0.377. The summed E-state index contributed by atoms with van der Waals surface area (Å²) >= 11 is 2.05. The van der Waals surface area contributed by atoms with Crippen LogP contribution in [0.3, 0.4) is 0 Å². The second kappa shape index (κ2) is 4.91. The largest absolute Gasteiger partial charge is 0.389 e. The predicted octanol–water partition coefficient (Wildman–Crippen LogP) is 3.07. The molecule has 1 saturated heterocycles. The average Bonchev–Trinajstić information content (AvgIpc) is 2.28. The monoisotopic (exact) mass is 251 g/mol. The molecule has 1 aliphatic heterocycles. The van der Waals surface area contributed by atoms with E-state index in [2.05, 4.69) is 30.9 Å². The van der Waals surface area contributed by atoms with Crippen molar-refractivity contribution in [3.8, 4) is 0 Å². The fourth-order valence-electron chi connectivity index (χ4n) is 2.20. The van der Waals surface area contributed by atoms with Crippen molar-refractivity contribution in [2.24, 2.45) is 0 Å². The first-order valence-electron chi connectivity index (χ1n) is 6.15. The zero-order valence-corrected chi connectivity index (χ0v) is 11.6. The Labute approximate surface area is 108 Å². The third-order valence-electron chi connectivity index (χ3n) is 3.17. The van der Waals surface area contributed by atoms with Gasteiger partial charge in [-0.3, -0.25) is 0 Å². The summed E-state index contributed by atoms with van der Waals surface area (Å²) in [5, 5.41) is 9.49. The van der Waals surface area contributed by atoms with E-state index in [-0.39, 0.29) is 6.10 Å². The maximum Gasteiger partial charge on any atom is 0.0761 e. The molecule has 1 aromatic rings. The molecule has 1 unspecified atom stereocenters. The number of thioether (sulfide) groups is 1. The first-order valence-corrected chi connectivity index (χ1v) is 7.13. The molecule has 0 saturated carbocycles. The molecular weight excluding hydrogens is 230 g/mol. The summed E-state index contributed by atoms with van der Waals surface area (Å²) in [6.07, 6.45) is -0.377. The molecule has 0 spiro atoms. The van der Waals surface area contributed by atoms with E-state index < -0.39 is 0 Å². The highest BCUT2D eigenvalue weighted by atomic mass is 32.2. The fourth-order valence-corrected chi connectivity index (χ4v) is 3.31. The Kier molecular flexibility index (Phi) is 3.69. The molecular formula is C14H21NOS. The standard InChI is InChI=1S/C14H21NOS/c1-11(16)12-4-6-13(7-5-12)15-8-9-17-14(2,3)10-15/h4-7,11,16H,8-10H2,1-3H3. The lowest BCUT2D eigenvalue weighted by Gasteiger charge is -2.39. The molecule has 0 aromatic heterocycles. The molecule has 1 aliphatic rings. The zero-order valence-electron chi connectivity index (χ0n) is 10.8. The van der Waals surface area contributed by atoms with Crippen molar-refractivity contribution < 1.29 is 5.11 Å². The molecule has 2 rings (SSSR count). The molecule has 1 heterocycles. The minimum absolute atomic E-state index is 0.335. The Morgan fingerprint density at radius 1 is 1.29 bits per heavy atom. The van der Waals surface area contributed by atoms with Crippen molar-refractivity contribution in [2.75, 3.05) is 23.7 Å². The van der Waals surface area contributed by atoms with Crippen LogP contribution in [0.15, 0.2) is 24.3 Å². The van der Waals surface area contributed by atoms with Gasteiger partial charge in [0.25, 0.3) is 0 Å². The van der Waals surface area contributed by atoms with Gasteiger partial charge in [0, 0.05) is 29.3 Å². The summed E-state index contributed by atoms with van der Waals surface area (Å²) in [6, 6.07) is 8.28. The van der Waals surface area contributed by atoms with Crippen molar-refractivity contribution in [2.45, 2.75) is 31.6 Å². The van der Waals surface area contributed by atoms with Crippen LogP contribution in [0.1, 0.15) is 32.4 Å². The Morgan fingerprint density at radius 2 is 1.94 bits per heavy atom. The third-order valence-corrected chi connectivity index (χ3v) is 4.46. The topological polar surface area (TPSA) is 23.5 Å². The van der Waals surface area contributed by atoms with Crippen LogP contribution in [0.5, 0.6) is 0 Å². The fraction of sp³-hybridized carbons (Fsp3) is 0.571. The highest BCUT2D eigenvalue weighted by molar-refractivity contribution is 8.00. The summed E-state index contributed by atoms with van der Waals surface area (Å²) in [7, 11) is 0. The lowest BCUT2D eigenvalue weighted by Crippen LogP contribution is -2.43. The summed E-state index contributed by atoms with van der Waals surface area (Å²) in [6.45, 7) is 8.60. The van der Waals surface area contributed by atoms with E-state index in [0.717, 1.165) is 18.7 Å². The van der Waals surface area contributed by atoms with Crippen LogP contribution < -0.4 is 4.90 Å². The minimum Gasteiger partial charge on any atom is -0.389 e. The van der Waals surface area contributed by atoms with Crippen LogP contribution in [0.4, 0.5) is 5.69 Å². The summed E-state index contributed by atoms with van der Waals surface area (Å²) < 4.78 is 0.335. The lowest BCUT2D eigenvalue weighted by atomic mass is 10.1. The summed E-state index contributed by atoms with van der Waals surface area (Å²) in [5.41, 5.74) is 2.25. The zero-order chi connectivity index (χ0) is 12.5.